The number of hydrogen-bond donors (Lipinski definition) is 0. The largest absolute Gasteiger partial charge is 0.333 e. The van der Waals surface area contributed by atoms with Crippen molar-refractivity contribution < 1.29 is 17.6 Å². The lowest BCUT2D eigenvalue weighted by molar-refractivity contribution is 0.0718. The summed E-state index contributed by atoms with van der Waals surface area (Å²) in [6, 6.07) is 24.0. The maximum absolute atomic E-state index is 13.5. The molecule has 3 aromatic carbocycles. The van der Waals surface area contributed by atoms with Gasteiger partial charge in [-0.3, -0.25) is 4.79 Å². The molecule has 4 aromatic rings. The second-order valence-electron chi connectivity index (χ2n) is 9.43. The molecule has 0 fully saturated rings. The number of nitrogens with zero attached hydrogens (tertiary/aromatic N) is 3. The lowest BCUT2D eigenvalue weighted by Crippen LogP contribution is -2.34. The molecule has 0 radical (unpaired) electrons. The number of benzene rings is 3. The topological polar surface area (TPSA) is 72.3 Å². The molecule has 37 heavy (non-hydrogen) atoms. The van der Waals surface area contributed by atoms with Crippen molar-refractivity contribution in [1.29, 1.82) is 0 Å². The molecule has 0 unspecified atom stereocenters. The Bertz CT molecular complexity index is 1440. The van der Waals surface area contributed by atoms with Gasteiger partial charge in [0.05, 0.1) is 30.7 Å². The van der Waals surface area contributed by atoms with E-state index in [1.807, 2.05) is 62.4 Å². The van der Waals surface area contributed by atoms with Gasteiger partial charge in [0.1, 0.15) is 5.82 Å². The smallest absolute Gasteiger partial charge is 0.254 e. The summed E-state index contributed by atoms with van der Waals surface area (Å²) in [6.07, 6.45) is 1.53. The van der Waals surface area contributed by atoms with E-state index in [1.165, 1.54) is 30.5 Å². The number of carbonyl (C=O) groups excluding carboxylic acids is 1. The maximum atomic E-state index is 13.5. The van der Waals surface area contributed by atoms with E-state index >= 15 is 0 Å². The Kier molecular flexibility index (Phi) is 8.18. The van der Waals surface area contributed by atoms with Crippen LogP contribution in [0.1, 0.15) is 41.0 Å². The first-order valence-electron chi connectivity index (χ1n) is 12.1. The van der Waals surface area contributed by atoms with Crippen LogP contribution in [0.15, 0.2) is 96.3 Å². The molecule has 1 aromatic heterocycles. The second-order valence-corrected chi connectivity index (χ2v) is 11.3. The van der Waals surface area contributed by atoms with Gasteiger partial charge in [0.15, 0.2) is 0 Å². The highest BCUT2D eigenvalue weighted by atomic mass is 32.2. The first-order valence-corrected chi connectivity index (χ1v) is 13.8. The molecule has 1 heterocycles. The molecule has 0 N–H and O–H groups in total. The van der Waals surface area contributed by atoms with Gasteiger partial charge in [-0.1, -0.05) is 74.5 Å². The van der Waals surface area contributed by atoms with Crippen LogP contribution in [0, 0.1) is 11.7 Å². The number of aromatic nitrogens is 2. The molecule has 0 aliphatic heterocycles. The van der Waals surface area contributed by atoms with E-state index < -0.39 is 15.7 Å². The molecule has 8 heteroatoms. The summed E-state index contributed by atoms with van der Waals surface area (Å²) in [5, 5.41) is -0.0765. The zero-order valence-corrected chi connectivity index (χ0v) is 21.7. The van der Waals surface area contributed by atoms with Gasteiger partial charge >= 0.3 is 0 Å². The molecular weight excluding hydrogens is 489 g/mol. The lowest BCUT2D eigenvalue weighted by atomic mass is 10.1. The standard InChI is InChI=1S/C29H30FN3O3S/c1-22(2)18-32(28(34)25-11-7-4-8-12-25)20-27-17-31-29(33(27)19-23-9-5-3-6-10-23)37(35,36)21-24-13-15-26(30)16-14-24/h3-17,22H,18-21H2,1-2H3. The molecule has 0 aliphatic carbocycles. The van der Waals surface area contributed by atoms with Crippen molar-refractivity contribution in [2.45, 2.75) is 37.8 Å². The van der Waals surface area contributed by atoms with E-state index in [4.69, 9.17) is 0 Å². The van der Waals surface area contributed by atoms with Crippen LogP contribution >= 0.6 is 0 Å². The Morgan fingerprint density at radius 2 is 1.54 bits per heavy atom. The minimum Gasteiger partial charge on any atom is -0.333 e. The summed E-state index contributed by atoms with van der Waals surface area (Å²) in [4.78, 5) is 19.4. The highest BCUT2D eigenvalue weighted by molar-refractivity contribution is 7.90. The van der Waals surface area contributed by atoms with Crippen molar-refractivity contribution in [3.05, 3.63) is 119 Å². The second kappa shape index (κ2) is 11.5. The summed E-state index contributed by atoms with van der Waals surface area (Å²) in [5.41, 5.74) is 2.57. The Morgan fingerprint density at radius 3 is 2.16 bits per heavy atom. The van der Waals surface area contributed by atoms with E-state index in [9.17, 15) is 17.6 Å². The van der Waals surface area contributed by atoms with E-state index in [2.05, 4.69) is 4.98 Å². The maximum Gasteiger partial charge on any atom is 0.254 e. The van der Waals surface area contributed by atoms with Crippen molar-refractivity contribution in [1.82, 2.24) is 14.5 Å². The van der Waals surface area contributed by atoms with Gasteiger partial charge in [0, 0.05) is 12.1 Å². The molecular formula is C29H30FN3O3S. The number of amides is 1. The normalized spacial score (nSPS) is 11.6. The van der Waals surface area contributed by atoms with Crippen molar-refractivity contribution in [3.8, 4) is 0 Å². The molecule has 0 aliphatic rings. The summed E-state index contributed by atoms with van der Waals surface area (Å²) >= 11 is 0. The quantitative estimate of drug-likeness (QED) is 0.283. The van der Waals surface area contributed by atoms with Crippen LogP contribution in [-0.2, 0) is 28.7 Å². The van der Waals surface area contributed by atoms with Gasteiger partial charge in [-0.2, -0.15) is 0 Å². The Morgan fingerprint density at radius 1 is 0.919 bits per heavy atom. The average molecular weight is 520 g/mol. The van der Waals surface area contributed by atoms with Crippen molar-refractivity contribution in [2.24, 2.45) is 5.92 Å². The van der Waals surface area contributed by atoms with Crippen LogP contribution in [0.4, 0.5) is 4.39 Å². The van der Waals surface area contributed by atoms with Gasteiger partial charge in [0.2, 0.25) is 15.0 Å². The fourth-order valence-electron chi connectivity index (χ4n) is 4.18. The molecule has 0 saturated heterocycles. The van der Waals surface area contributed by atoms with Crippen LogP contribution < -0.4 is 0 Å². The molecule has 0 saturated carbocycles. The highest BCUT2D eigenvalue weighted by Crippen LogP contribution is 2.22. The van der Waals surface area contributed by atoms with E-state index in [1.54, 1.807) is 21.6 Å². The first kappa shape index (κ1) is 26.3. The molecule has 192 valence electrons. The molecule has 0 atom stereocenters. The Hall–Kier alpha value is -3.78. The third kappa shape index (κ3) is 6.71. The van der Waals surface area contributed by atoms with Gasteiger partial charge < -0.3 is 9.47 Å². The van der Waals surface area contributed by atoms with Crippen LogP contribution in [0.25, 0.3) is 0 Å². The van der Waals surface area contributed by atoms with E-state index in [0.29, 0.717) is 23.4 Å². The Labute approximate surface area is 217 Å². The van der Waals surface area contributed by atoms with Gasteiger partial charge in [0.25, 0.3) is 5.91 Å². The number of rotatable bonds is 10. The summed E-state index contributed by atoms with van der Waals surface area (Å²) in [5.74, 6) is -0.656. The zero-order chi connectivity index (χ0) is 26.4. The number of imidazole rings is 1. The van der Waals surface area contributed by atoms with Crippen molar-refractivity contribution >= 4 is 15.7 Å². The SMILES string of the molecule is CC(C)CN(Cc1cnc(S(=O)(=O)Cc2ccc(F)cc2)n1Cc1ccccc1)C(=O)c1ccccc1. The summed E-state index contributed by atoms with van der Waals surface area (Å²) in [6.45, 7) is 5.05. The average Bonchev–Trinajstić information content (AvgIpc) is 3.28. The monoisotopic (exact) mass is 519 g/mol. The number of sulfone groups is 1. The minimum absolute atomic E-state index is 0.0765. The third-order valence-corrected chi connectivity index (χ3v) is 7.48. The Balaban J connectivity index is 1.71. The first-order chi connectivity index (χ1) is 17.7. The van der Waals surface area contributed by atoms with Gasteiger partial charge in [-0.15, -0.1) is 0 Å². The third-order valence-electron chi connectivity index (χ3n) is 5.88. The van der Waals surface area contributed by atoms with Crippen molar-refractivity contribution in [2.75, 3.05) is 6.54 Å². The van der Waals surface area contributed by atoms with Crippen LogP contribution in [0.5, 0.6) is 0 Å². The van der Waals surface area contributed by atoms with Crippen LogP contribution in [0.3, 0.4) is 0 Å². The molecule has 6 nitrogen and oxygen atoms in total. The molecule has 4 rings (SSSR count). The fraction of sp³-hybridized carbons (Fsp3) is 0.241. The fourth-order valence-corrected chi connectivity index (χ4v) is 5.68. The lowest BCUT2D eigenvalue weighted by Gasteiger charge is -2.25. The van der Waals surface area contributed by atoms with Gasteiger partial charge in [-0.05, 0) is 41.3 Å². The predicted molar refractivity (Wildman–Crippen MR) is 141 cm³/mol. The van der Waals surface area contributed by atoms with E-state index in [0.717, 1.165) is 5.56 Å². The summed E-state index contributed by atoms with van der Waals surface area (Å²) in [7, 11) is -3.86. The number of hydrogen-bond acceptors (Lipinski definition) is 4. The van der Waals surface area contributed by atoms with Crippen LogP contribution in [0.2, 0.25) is 0 Å². The highest BCUT2D eigenvalue weighted by Gasteiger charge is 2.26. The van der Waals surface area contributed by atoms with Crippen molar-refractivity contribution in [3.63, 3.8) is 0 Å². The summed E-state index contributed by atoms with van der Waals surface area (Å²) < 4.78 is 42.0. The zero-order valence-electron chi connectivity index (χ0n) is 20.9. The number of carbonyl (C=O) groups is 1. The van der Waals surface area contributed by atoms with E-state index in [-0.39, 0.29) is 35.8 Å². The predicted octanol–water partition coefficient (Wildman–Crippen LogP) is 5.34. The molecule has 0 bridgehead atoms. The van der Waals surface area contributed by atoms with Crippen LogP contribution in [-0.4, -0.2) is 35.3 Å². The van der Waals surface area contributed by atoms with Gasteiger partial charge in [-0.25, -0.2) is 17.8 Å². The minimum atomic E-state index is -3.86. The molecule has 0 spiro atoms. The number of halogens is 1. The molecule has 1 amide bonds.